The average Bonchev–Trinajstić information content (AvgIpc) is 3.32. The standard InChI is InChI=1S/C26H36N4O5/c1-30-21-11-10-19(14-24(31)27-16-7-4-8-16)35-23(21)15-34-22-12-9-18(13-20(22)25(30)32)29-26(33)28-17-5-2-3-6-17/h9,12-13,16-17,19,21,23H,2-8,10-11,14-15H2,1H3,(H,27,31)(H2,28,29,33)/t19-,21+,23-/m0/s1. The van der Waals surface area contributed by atoms with Crippen molar-refractivity contribution < 1.29 is 23.9 Å². The monoisotopic (exact) mass is 484 g/mol. The summed E-state index contributed by atoms with van der Waals surface area (Å²) in [6.07, 6.45) is 8.91. The normalized spacial score (nSPS) is 26.9. The third kappa shape index (κ3) is 5.55. The molecule has 5 rings (SSSR count). The van der Waals surface area contributed by atoms with Crippen LogP contribution >= 0.6 is 0 Å². The zero-order chi connectivity index (χ0) is 24.4. The second-order valence-corrected chi connectivity index (χ2v) is 10.4. The van der Waals surface area contributed by atoms with E-state index >= 15 is 0 Å². The van der Waals surface area contributed by atoms with E-state index in [1.54, 1.807) is 30.1 Å². The number of urea groups is 1. The predicted octanol–water partition coefficient (Wildman–Crippen LogP) is 3.19. The van der Waals surface area contributed by atoms with Crippen LogP contribution in [0.1, 0.15) is 74.6 Å². The maximum atomic E-state index is 13.4. The van der Waals surface area contributed by atoms with Gasteiger partial charge in [-0.3, -0.25) is 9.59 Å². The minimum Gasteiger partial charge on any atom is -0.490 e. The molecule has 1 aromatic carbocycles. The SMILES string of the molecule is CN1C(=O)c2cc(NC(=O)NC3CCCC3)ccc2OC[C@@H]2O[C@H](CC(=O)NC3CCC3)CC[C@H]21. The average molecular weight is 485 g/mol. The molecule has 2 heterocycles. The number of anilines is 1. The Bertz CT molecular complexity index is 959. The van der Waals surface area contributed by atoms with Crippen LogP contribution in [0.15, 0.2) is 18.2 Å². The highest BCUT2D eigenvalue weighted by molar-refractivity contribution is 5.99. The predicted molar refractivity (Wildman–Crippen MR) is 131 cm³/mol. The fraction of sp³-hybridized carbons (Fsp3) is 0.654. The van der Waals surface area contributed by atoms with Crippen molar-refractivity contribution in [1.82, 2.24) is 15.5 Å². The Morgan fingerprint density at radius 3 is 2.49 bits per heavy atom. The number of nitrogens with zero attached hydrogens (tertiary/aromatic N) is 1. The largest absolute Gasteiger partial charge is 0.490 e. The first-order chi connectivity index (χ1) is 17.0. The molecule has 1 saturated heterocycles. The van der Waals surface area contributed by atoms with Gasteiger partial charge in [-0.15, -0.1) is 0 Å². The molecule has 0 bridgehead atoms. The van der Waals surface area contributed by atoms with E-state index in [1.165, 1.54) is 6.42 Å². The smallest absolute Gasteiger partial charge is 0.319 e. The zero-order valence-electron chi connectivity index (χ0n) is 20.4. The number of rotatable bonds is 5. The molecule has 0 unspecified atom stereocenters. The van der Waals surface area contributed by atoms with Crippen LogP contribution in [0.5, 0.6) is 5.75 Å². The van der Waals surface area contributed by atoms with E-state index in [2.05, 4.69) is 16.0 Å². The highest BCUT2D eigenvalue weighted by atomic mass is 16.5. The van der Waals surface area contributed by atoms with Gasteiger partial charge in [-0.1, -0.05) is 12.8 Å². The number of benzene rings is 1. The molecule has 2 aliphatic heterocycles. The number of likely N-dealkylation sites (N-methyl/N-ethyl adjacent to an activating group) is 1. The van der Waals surface area contributed by atoms with Crippen LogP contribution in [0, 0.1) is 0 Å². The summed E-state index contributed by atoms with van der Waals surface area (Å²) in [6.45, 7) is 0.297. The van der Waals surface area contributed by atoms with Crippen molar-refractivity contribution in [3.63, 3.8) is 0 Å². The maximum absolute atomic E-state index is 13.4. The lowest BCUT2D eigenvalue weighted by molar-refractivity contribution is -0.135. The van der Waals surface area contributed by atoms with E-state index in [0.717, 1.165) is 44.9 Å². The number of amides is 4. The summed E-state index contributed by atoms with van der Waals surface area (Å²) in [4.78, 5) is 39.8. The van der Waals surface area contributed by atoms with Gasteiger partial charge in [0.15, 0.2) is 0 Å². The van der Waals surface area contributed by atoms with Crippen molar-refractivity contribution in [2.24, 2.45) is 0 Å². The van der Waals surface area contributed by atoms with Crippen molar-refractivity contribution in [3.8, 4) is 5.75 Å². The Labute approximate surface area is 206 Å². The van der Waals surface area contributed by atoms with Crippen molar-refractivity contribution in [2.75, 3.05) is 19.0 Å². The van der Waals surface area contributed by atoms with Crippen LogP contribution in [0.3, 0.4) is 0 Å². The van der Waals surface area contributed by atoms with Gasteiger partial charge in [0.2, 0.25) is 5.91 Å². The molecule has 3 atom stereocenters. The van der Waals surface area contributed by atoms with Gasteiger partial charge in [0, 0.05) is 24.8 Å². The molecule has 3 fully saturated rings. The van der Waals surface area contributed by atoms with Crippen LogP contribution < -0.4 is 20.7 Å². The summed E-state index contributed by atoms with van der Waals surface area (Å²) in [7, 11) is 1.79. The molecule has 4 amide bonds. The molecule has 9 heteroatoms. The Morgan fingerprint density at radius 1 is 1.00 bits per heavy atom. The number of hydrogen-bond donors (Lipinski definition) is 3. The molecule has 9 nitrogen and oxygen atoms in total. The van der Waals surface area contributed by atoms with E-state index in [9.17, 15) is 14.4 Å². The quantitative estimate of drug-likeness (QED) is 0.595. The van der Waals surface area contributed by atoms with Gasteiger partial charge >= 0.3 is 6.03 Å². The molecule has 0 aromatic heterocycles. The van der Waals surface area contributed by atoms with E-state index in [1.807, 2.05) is 0 Å². The third-order valence-electron chi connectivity index (χ3n) is 7.84. The minimum absolute atomic E-state index is 0.0386. The van der Waals surface area contributed by atoms with E-state index in [-0.39, 0.29) is 42.1 Å². The molecule has 1 aromatic rings. The fourth-order valence-corrected chi connectivity index (χ4v) is 5.57. The van der Waals surface area contributed by atoms with Gasteiger partial charge in [0.25, 0.3) is 5.91 Å². The van der Waals surface area contributed by atoms with Gasteiger partial charge < -0.3 is 30.3 Å². The van der Waals surface area contributed by atoms with Gasteiger partial charge in [0.05, 0.1) is 24.1 Å². The summed E-state index contributed by atoms with van der Waals surface area (Å²) >= 11 is 0. The molecule has 2 aliphatic carbocycles. The maximum Gasteiger partial charge on any atom is 0.319 e. The Morgan fingerprint density at radius 2 is 1.74 bits per heavy atom. The van der Waals surface area contributed by atoms with E-state index < -0.39 is 0 Å². The number of ether oxygens (including phenoxy) is 2. The Kier molecular flexibility index (Phi) is 7.13. The summed E-state index contributed by atoms with van der Waals surface area (Å²) in [5, 5.41) is 8.93. The van der Waals surface area contributed by atoms with Crippen molar-refractivity contribution in [1.29, 1.82) is 0 Å². The van der Waals surface area contributed by atoms with Gasteiger partial charge in [-0.25, -0.2) is 4.79 Å². The molecule has 4 aliphatic rings. The van der Waals surface area contributed by atoms with Crippen LogP contribution in [-0.2, 0) is 9.53 Å². The van der Waals surface area contributed by atoms with Gasteiger partial charge in [-0.05, 0) is 63.1 Å². The Balaban J connectivity index is 1.22. The molecule has 35 heavy (non-hydrogen) atoms. The highest BCUT2D eigenvalue weighted by Crippen LogP contribution is 2.32. The minimum atomic E-state index is -0.303. The summed E-state index contributed by atoms with van der Waals surface area (Å²) in [5.74, 6) is 0.339. The lowest BCUT2D eigenvalue weighted by atomic mass is 9.92. The second kappa shape index (κ2) is 10.4. The summed E-state index contributed by atoms with van der Waals surface area (Å²) in [6, 6.07) is 5.29. The first-order valence-corrected chi connectivity index (χ1v) is 13.0. The zero-order valence-corrected chi connectivity index (χ0v) is 20.4. The lowest BCUT2D eigenvalue weighted by Crippen LogP contribution is -2.54. The van der Waals surface area contributed by atoms with Crippen LogP contribution in [0.25, 0.3) is 0 Å². The molecular weight excluding hydrogens is 448 g/mol. The molecule has 3 N–H and O–H groups in total. The van der Waals surface area contributed by atoms with E-state index in [0.29, 0.717) is 42.5 Å². The van der Waals surface area contributed by atoms with Crippen LogP contribution in [0.4, 0.5) is 10.5 Å². The Hall–Kier alpha value is -2.81. The van der Waals surface area contributed by atoms with E-state index in [4.69, 9.17) is 9.47 Å². The first kappa shape index (κ1) is 23.9. The van der Waals surface area contributed by atoms with Gasteiger partial charge in [0.1, 0.15) is 18.5 Å². The number of fused-ring (bicyclic) bond motifs is 2. The van der Waals surface area contributed by atoms with Crippen LogP contribution in [0.2, 0.25) is 0 Å². The summed E-state index contributed by atoms with van der Waals surface area (Å²) in [5.41, 5.74) is 0.978. The molecular formula is C26H36N4O5. The number of carbonyl (C=O) groups excluding carboxylic acids is 3. The van der Waals surface area contributed by atoms with Gasteiger partial charge in [-0.2, -0.15) is 0 Å². The molecule has 190 valence electrons. The molecule has 0 spiro atoms. The number of nitrogens with one attached hydrogen (secondary N) is 3. The fourth-order valence-electron chi connectivity index (χ4n) is 5.57. The summed E-state index contributed by atoms with van der Waals surface area (Å²) < 4.78 is 12.3. The van der Waals surface area contributed by atoms with Crippen molar-refractivity contribution >= 4 is 23.5 Å². The van der Waals surface area contributed by atoms with Crippen molar-refractivity contribution in [3.05, 3.63) is 23.8 Å². The second-order valence-electron chi connectivity index (χ2n) is 10.4. The first-order valence-electron chi connectivity index (χ1n) is 13.0. The molecule has 2 saturated carbocycles. The third-order valence-corrected chi connectivity index (χ3v) is 7.84. The number of hydrogen-bond acceptors (Lipinski definition) is 5. The van der Waals surface area contributed by atoms with Crippen molar-refractivity contribution in [2.45, 2.75) is 94.5 Å². The highest BCUT2D eigenvalue weighted by Gasteiger charge is 2.39. The lowest BCUT2D eigenvalue weighted by Gasteiger charge is -2.42. The topological polar surface area (TPSA) is 109 Å². The molecule has 0 radical (unpaired) electrons. The number of carbonyl (C=O) groups is 3. The van der Waals surface area contributed by atoms with Crippen LogP contribution in [-0.4, -0.2) is 66.7 Å².